The van der Waals surface area contributed by atoms with E-state index in [1.54, 1.807) is 0 Å². The van der Waals surface area contributed by atoms with Crippen LogP contribution in [0.25, 0.3) is 0 Å². The van der Waals surface area contributed by atoms with Gasteiger partial charge in [-0.2, -0.15) is 0 Å². The molecule has 0 amide bonds. The van der Waals surface area contributed by atoms with Crippen molar-refractivity contribution in [3.05, 3.63) is 0 Å². The lowest BCUT2D eigenvalue weighted by Crippen LogP contribution is -2.44. The first-order valence-electron chi connectivity index (χ1n) is 16.9. The fourth-order valence-corrected chi connectivity index (χ4v) is 6.71. The third kappa shape index (κ3) is 9.70. The monoisotopic (exact) mass is 592 g/mol. The van der Waals surface area contributed by atoms with E-state index in [0.717, 1.165) is 70.6 Å². The molecule has 0 saturated heterocycles. The summed E-state index contributed by atoms with van der Waals surface area (Å²) < 4.78 is 23.4. The largest absolute Gasteiger partial charge is 0.465 e. The summed E-state index contributed by atoms with van der Waals surface area (Å²) in [5.41, 5.74) is -1.65. The van der Waals surface area contributed by atoms with Gasteiger partial charge < -0.3 is 18.9 Å². The van der Waals surface area contributed by atoms with Crippen LogP contribution in [-0.4, -0.2) is 48.3 Å². The topological polar surface area (TPSA) is 105 Å². The van der Waals surface area contributed by atoms with Crippen molar-refractivity contribution in [2.75, 3.05) is 13.2 Å². The molecule has 0 spiro atoms. The van der Waals surface area contributed by atoms with E-state index in [9.17, 15) is 19.2 Å². The molecule has 3 atom stereocenters. The number of esters is 4. The predicted molar refractivity (Wildman–Crippen MR) is 159 cm³/mol. The molecule has 0 aromatic heterocycles. The Morgan fingerprint density at radius 3 is 1.60 bits per heavy atom. The van der Waals surface area contributed by atoms with E-state index in [4.69, 9.17) is 18.9 Å². The van der Waals surface area contributed by atoms with E-state index in [2.05, 4.69) is 0 Å². The van der Waals surface area contributed by atoms with Crippen LogP contribution >= 0.6 is 0 Å². The molecule has 42 heavy (non-hydrogen) atoms. The summed E-state index contributed by atoms with van der Waals surface area (Å²) in [7, 11) is 0. The highest BCUT2D eigenvalue weighted by Gasteiger charge is 2.42. The maximum absolute atomic E-state index is 13.5. The lowest BCUT2D eigenvalue weighted by molar-refractivity contribution is -0.184. The highest BCUT2D eigenvalue weighted by molar-refractivity contribution is 5.82. The second kappa shape index (κ2) is 16.7. The molecule has 3 unspecified atom stereocenters. The summed E-state index contributed by atoms with van der Waals surface area (Å²) in [5, 5.41) is 0. The molecular weight excluding hydrogens is 536 g/mol. The summed E-state index contributed by atoms with van der Waals surface area (Å²) in [6, 6.07) is 0. The molecule has 0 aliphatic heterocycles. The highest BCUT2D eigenvalue weighted by Crippen LogP contribution is 2.35. The van der Waals surface area contributed by atoms with Gasteiger partial charge in [0.05, 0.1) is 30.3 Å². The number of hydrogen-bond acceptors (Lipinski definition) is 8. The normalized spacial score (nSPS) is 23.8. The van der Waals surface area contributed by atoms with Crippen LogP contribution in [0.4, 0.5) is 0 Å². The van der Waals surface area contributed by atoms with E-state index in [-0.39, 0.29) is 43.0 Å². The van der Waals surface area contributed by atoms with Crippen molar-refractivity contribution in [2.24, 2.45) is 23.7 Å². The van der Waals surface area contributed by atoms with E-state index < -0.39 is 29.0 Å². The Bertz CT molecular complexity index is 884. The van der Waals surface area contributed by atoms with Crippen LogP contribution in [-0.2, 0) is 38.1 Å². The second-order valence-electron chi connectivity index (χ2n) is 13.2. The SMILES string of the molecule is CCC(C)(CCOC(=O)C1CCCCC1)OC(=O)C1CCCCC1C(=O)OCC(CC)(CC)OC(=O)C1CCCCC1. The molecule has 3 saturated carbocycles. The molecule has 3 fully saturated rings. The molecule has 0 aromatic rings. The van der Waals surface area contributed by atoms with Gasteiger partial charge >= 0.3 is 23.9 Å². The minimum Gasteiger partial charge on any atom is -0.465 e. The van der Waals surface area contributed by atoms with Gasteiger partial charge in [-0.05, 0) is 64.7 Å². The molecule has 0 aromatic carbocycles. The Balaban J connectivity index is 1.54. The first-order chi connectivity index (χ1) is 20.2. The summed E-state index contributed by atoms with van der Waals surface area (Å²) in [4.78, 5) is 52.2. The highest BCUT2D eigenvalue weighted by atomic mass is 16.6. The first kappa shape index (κ1) is 34.4. The Hall–Kier alpha value is -2.12. The third-order valence-electron chi connectivity index (χ3n) is 10.3. The summed E-state index contributed by atoms with van der Waals surface area (Å²) in [6.45, 7) is 7.92. The van der Waals surface area contributed by atoms with Gasteiger partial charge in [0.1, 0.15) is 17.8 Å². The molecule has 0 heterocycles. The number of hydrogen-bond donors (Lipinski definition) is 0. The van der Waals surface area contributed by atoms with E-state index in [1.807, 2.05) is 27.7 Å². The fourth-order valence-electron chi connectivity index (χ4n) is 6.71. The van der Waals surface area contributed by atoms with Crippen molar-refractivity contribution >= 4 is 23.9 Å². The standard InChI is InChI=1S/C34H56O8/c1-5-33(4,22-23-39-29(35)25-16-10-8-11-17-25)41-32(38)28-21-15-14-20-27(28)31(37)40-24-34(6-2,7-3)42-30(36)26-18-12-9-13-19-26/h25-28H,5-24H2,1-4H3. The molecule has 0 bridgehead atoms. The zero-order valence-corrected chi connectivity index (χ0v) is 26.7. The van der Waals surface area contributed by atoms with Crippen LogP contribution in [0.15, 0.2) is 0 Å². The fraction of sp³-hybridized carbons (Fsp3) is 0.882. The summed E-state index contributed by atoms with van der Waals surface area (Å²) in [5.74, 6) is -2.39. The zero-order valence-electron chi connectivity index (χ0n) is 26.7. The average Bonchev–Trinajstić information content (AvgIpc) is 3.03. The van der Waals surface area contributed by atoms with Crippen LogP contribution in [0, 0.1) is 23.7 Å². The summed E-state index contributed by atoms with van der Waals surface area (Å²) in [6.07, 6.45) is 14.9. The van der Waals surface area contributed by atoms with Crippen LogP contribution in [0.5, 0.6) is 0 Å². The molecule has 3 aliphatic rings. The van der Waals surface area contributed by atoms with Crippen molar-refractivity contribution in [1.29, 1.82) is 0 Å². The van der Waals surface area contributed by atoms with Crippen LogP contribution in [0.1, 0.15) is 143 Å². The Kier molecular flexibility index (Phi) is 13.6. The maximum Gasteiger partial charge on any atom is 0.310 e. The molecule has 3 aliphatic carbocycles. The van der Waals surface area contributed by atoms with Crippen LogP contribution in [0.3, 0.4) is 0 Å². The van der Waals surface area contributed by atoms with Gasteiger partial charge in [0.25, 0.3) is 0 Å². The quantitative estimate of drug-likeness (QED) is 0.153. The molecule has 0 N–H and O–H groups in total. The van der Waals surface area contributed by atoms with Crippen molar-refractivity contribution in [3.63, 3.8) is 0 Å². The molecular formula is C34H56O8. The maximum atomic E-state index is 13.5. The predicted octanol–water partition coefficient (Wildman–Crippen LogP) is 7.24. The van der Waals surface area contributed by atoms with Gasteiger partial charge in [-0.1, -0.05) is 72.1 Å². The lowest BCUT2D eigenvalue weighted by atomic mass is 9.79. The van der Waals surface area contributed by atoms with Crippen LogP contribution in [0.2, 0.25) is 0 Å². The summed E-state index contributed by atoms with van der Waals surface area (Å²) >= 11 is 0. The number of carbonyl (C=O) groups excluding carboxylic acids is 4. The van der Waals surface area contributed by atoms with Crippen LogP contribution < -0.4 is 0 Å². The first-order valence-corrected chi connectivity index (χ1v) is 16.9. The smallest absolute Gasteiger partial charge is 0.310 e. The third-order valence-corrected chi connectivity index (χ3v) is 10.3. The Morgan fingerprint density at radius 2 is 1.07 bits per heavy atom. The number of rotatable bonds is 14. The molecule has 3 rings (SSSR count). The van der Waals surface area contributed by atoms with Gasteiger partial charge in [0, 0.05) is 6.42 Å². The van der Waals surface area contributed by atoms with Gasteiger partial charge in [-0.3, -0.25) is 19.2 Å². The van der Waals surface area contributed by atoms with Crippen molar-refractivity contribution < 1.29 is 38.1 Å². The van der Waals surface area contributed by atoms with E-state index in [1.165, 1.54) is 6.42 Å². The van der Waals surface area contributed by atoms with Gasteiger partial charge in [0.15, 0.2) is 0 Å². The molecule has 8 heteroatoms. The minimum absolute atomic E-state index is 0.00536. The minimum atomic E-state index is -0.856. The van der Waals surface area contributed by atoms with Crippen molar-refractivity contribution in [2.45, 2.75) is 154 Å². The van der Waals surface area contributed by atoms with Gasteiger partial charge in [-0.15, -0.1) is 0 Å². The lowest BCUT2D eigenvalue weighted by Gasteiger charge is -2.36. The number of ether oxygens (including phenoxy) is 4. The van der Waals surface area contributed by atoms with Gasteiger partial charge in [0.2, 0.25) is 0 Å². The second-order valence-corrected chi connectivity index (χ2v) is 13.2. The molecule has 8 nitrogen and oxygen atoms in total. The Labute approximate surface area is 253 Å². The average molecular weight is 593 g/mol. The van der Waals surface area contributed by atoms with Crippen molar-refractivity contribution in [3.8, 4) is 0 Å². The molecule has 0 radical (unpaired) electrons. The Morgan fingerprint density at radius 1 is 0.571 bits per heavy atom. The number of carbonyl (C=O) groups is 4. The van der Waals surface area contributed by atoms with E-state index in [0.29, 0.717) is 38.5 Å². The van der Waals surface area contributed by atoms with Crippen molar-refractivity contribution in [1.82, 2.24) is 0 Å². The van der Waals surface area contributed by atoms with E-state index >= 15 is 0 Å². The van der Waals surface area contributed by atoms with Gasteiger partial charge in [-0.25, -0.2) is 0 Å². The zero-order chi connectivity index (χ0) is 30.6. The molecule has 240 valence electrons.